The van der Waals surface area contributed by atoms with Crippen LogP contribution in [0.25, 0.3) is 11.3 Å². The lowest BCUT2D eigenvalue weighted by atomic mass is 9.95. The number of carbonyl (C=O) groups is 1. The maximum absolute atomic E-state index is 14.3. The first-order valence-corrected chi connectivity index (χ1v) is 5.94. The van der Waals surface area contributed by atoms with Crippen molar-refractivity contribution in [2.24, 2.45) is 0 Å². The molecule has 0 saturated carbocycles. The Morgan fingerprint density at radius 3 is 2.35 bits per heavy atom. The molecule has 0 fully saturated rings. The fourth-order valence-electron chi connectivity index (χ4n) is 2.04. The lowest BCUT2D eigenvalue weighted by molar-refractivity contribution is 0.0822. The Bertz CT molecular complexity index is 665. The maximum atomic E-state index is 14.3. The van der Waals surface area contributed by atoms with E-state index in [1.165, 1.54) is 39.1 Å². The van der Waals surface area contributed by atoms with Crippen molar-refractivity contribution in [2.45, 2.75) is 13.8 Å². The quantitative estimate of drug-likeness (QED) is 0.849. The molecule has 106 valence electrons. The van der Waals surface area contributed by atoms with Gasteiger partial charge in [-0.1, -0.05) is 0 Å². The van der Waals surface area contributed by atoms with E-state index >= 15 is 0 Å². The number of oxazole rings is 1. The van der Waals surface area contributed by atoms with E-state index in [1.807, 2.05) is 0 Å². The van der Waals surface area contributed by atoms with Crippen LogP contribution in [-0.2, 0) is 0 Å². The Kier molecular flexibility index (Phi) is 3.57. The van der Waals surface area contributed by atoms with Gasteiger partial charge in [-0.25, -0.2) is 13.8 Å². The van der Waals surface area contributed by atoms with Gasteiger partial charge in [0.25, 0.3) is 5.91 Å². The lowest BCUT2D eigenvalue weighted by Crippen LogP contribution is -2.25. The summed E-state index contributed by atoms with van der Waals surface area (Å²) in [5.74, 6) is -2.09. The van der Waals surface area contributed by atoms with Crippen LogP contribution in [0.3, 0.4) is 0 Å². The van der Waals surface area contributed by atoms with E-state index in [1.54, 1.807) is 0 Å². The highest BCUT2D eigenvalue weighted by atomic mass is 19.1. The van der Waals surface area contributed by atoms with Gasteiger partial charge in [0.15, 0.2) is 6.39 Å². The van der Waals surface area contributed by atoms with Crippen molar-refractivity contribution in [2.75, 3.05) is 14.1 Å². The van der Waals surface area contributed by atoms with Crippen LogP contribution in [0.15, 0.2) is 17.1 Å². The zero-order valence-corrected chi connectivity index (χ0v) is 11.6. The van der Waals surface area contributed by atoms with Crippen molar-refractivity contribution in [1.29, 1.82) is 0 Å². The Morgan fingerprint density at radius 1 is 1.20 bits per heavy atom. The van der Waals surface area contributed by atoms with Crippen molar-refractivity contribution >= 4 is 5.91 Å². The molecule has 0 spiro atoms. The predicted octanol–water partition coefficient (Wildman–Crippen LogP) is 2.94. The SMILES string of the molecule is Cc1c(F)c(C(=O)N(C)C)c(C)c(-c2cocn2)c1F. The molecule has 0 aliphatic rings. The molecule has 1 amide bonds. The molecule has 1 aromatic carbocycles. The zero-order valence-electron chi connectivity index (χ0n) is 11.6. The molecular weight excluding hydrogens is 266 g/mol. The summed E-state index contributed by atoms with van der Waals surface area (Å²) in [6.07, 6.45) is 2.41. The molecule has 1 aromatic heterocycles. The normalized spacial score (nSPS) is 10.7. The van der Waals surface area contributed by atoms with Crippen molar-refractivity contribution in [3.05, 3.63) is 41.0 Å². The van der Waals surface area contributed by atoms with Gasteiger partial charge in [0.1, 0.15) is 23.6 Å². The van der Waals surface area contributed by atoms with E-state index in [0.29, 0.717) is 0 Å². The number of aromatic nitrogens is 1. The van der Waals surface area contributed by atoms with Crippen molar-refractivity contribution < 1.29 is 18.0 Å². The summed E-state index contributed by atoms with van der Waals surface area (Å²) in [6, 6.07) is 0. The fourth-order valence-corrected chi connectivity index (χ4v) is 2.04. The first-order chi connectivity index (χ1) is 9.36. The minimum Gasteiger partial charge on any atom is -0.451 e. The molecule has 0 bridgehead atoms. The lowest BCUT2D eigenvalue weighted by Gasteiger charge is -2.17. The predicted molar refractivity (Wildman–Crippen MR) is 69.3 cm³/mol. The Labute approximate surface area is 115 Å². The Balaban J connectivity index is 2.81. The third-order valence-corrected chi connectivity index (χ3v) is 3.16. The summed E-state index contributed by atoms with van der Waals surface area (Å²) in [5.41, 5.74) is 0.169. The molecule has 0 atom stereocenters. The second kappa shape index (κ2) is 5.03. The van der Waals surface area contributed by atoms with Gasteiger partial charge in [0, 0.05) is 25.2 Å². The molecule has 0 N–H and O–H groups in total. The molecule has 0 aliphatic heterocycles. The van der Waals surface area contributed by atoms with Gasteiger partial charge >= 0.3 is 0 Å². The third-order valence-electron chi connectivity index (χ3n) is 3.16. The summed E-state index contributed by atoms with van der Waals surface area (Å²) >= 11 is 0. The summed E-state index contributed by atoms with van der Waals surface area (Å²) in [6.45, 7) is 2.78. The fraction of sp³-hybridized carbons (Fsp3) is 0.286. The molecule has 2 aromatic rings. The van der Waals surface area contributed by atoms with E-state index in [9.17, 15) is 13.6 Å². The molecule has 0 radical (unpaired) electrons. The van der Waals surface area contributed by atoms with E-state index < -0.39 is 17.5 Å². The molecule has 4 nitrogen and oxygen atoms in total. The molecule has 0 saturated heterocycles. The van der Waals surface area contributed by atoms with E-state index in [0.717, 1.165) is 6.39 Å². The monoisotopic (exact) mass is 280 g/mol. The molecule has 6 heteroatoms. The smallest absolute Gasteiger partial charge is 0.256 e. The van der Waals surface area contributed by atoms with Crippen LogP contribution in [-0.4, -0.2) is 29.9 Å². The van der Waals surface area contributed by atoms with Crippen LogP contribution in [0.1, 0.15) is 21.5 Å². The molecule has 20 heavy (non-hydrogen) atoms. The van der Waals surface area contributed by atoms with Gasteiger partial charge < -0.3 is 9.32 Å². The summed E-state index contributed by atoms with van der Waals surface area (Å²) < 4.78 is 33.3. The molecule has 2 rings (SSSR count). The van der Waals surface area contributed by atoms with Gasteiger partial charge in [-0.2, -0.15) is 0 Å². The molecule has 0 unspecified atom stereocenters. The standard InChI is InChI=1S/C14H14F2N2O2/c1-7-10(9-5-20-6-17-9)12(15)8(2)13(16)11(7)14(19)18(3)4/h5-6H,1-4H3. The van der Waals surface area contributed by atoms with Gasteiger partial charge in [-0.15, -0.1) is 0 Å². The first kappa shape index (κ1) is 14.2. The largest absolute Gasteiger partial charge is 0.451 e. The minimum absolute atomic E-state index is 0.0860. The van der Waals surface area contributed by atoms with Crippen LogP contribution in [0, 0.1) is 25.5 Å². The highest BCUT2D eigenvalue weighted by Crippen LogP contribution is 2.32. The summed E-state index contributed by atoms with van der Waals surface area (Å²) in [7, 11) is 3.02. The Hall–Kier alpha value is -2.24. The maximum Gasteiger partial charge on any atom is 0.256 e. The number of amides is 1. The van der Waals surface area contributed by atoms with Crippen LogP contribution < -0.4 is 0 Å². The third kappa shape index (κ3) is 2.07. The zero-order chi connectivity index (χ0) is 15.0. The number of rotatable bonds is 2. The first-order valence-electron chi connectivity index (χ1n) is 5.94. The number of benzene rings is 1. The van der Waals surface area contributed by atoms with E-state index in [2.05, 4.69) is 4.98 Å². The highest BCUT2D eigenvalue weighted by Gasteiger charge is 2.26. The summed E-state index contributed by atoms with van der Waals surface area (Å²) in [5, 5.41) is 0. The number of nitrogens with zero attached hydrogens (tertiary/aromatic N) is 2. The van der Waals surface area contributed by atoms with Crippen LogP contribution >= 0.6 is 0 Å². The van der Waals surface area contributed by atoms with Gasteiger partial charge in [-0.05, 0) is 19.4 Å². The minimum atomic E-state index is -0.842. The average molecular weight is 280 g/mol. The van der Waals surface area contributed by atoms with Crippen molar-refractivity contribution in [3.63, 3.8) is 0 Å². The average Bonchev–Trinajstić information content (AvgIpc) is 2.90. The highest BCUT2D eigenvalue weighted by molar-refractivity contribution is 5.97. The van der Waals surface area contributed by atoms with Crippen LogP contribution in [0.2, 0.25) is 0 Å². The van der Waals surface area contributed by atoms with Crippen molar-refractivity contribution in [3.8, 4) is 11.3 Å². The van der Waals surface area contributed by atoms with E-state index in [-0.39, 0.29) is 27.9 Å². The van der Waals surface area contributed by atoms with Gasteiger partial charge in [0.2, 0.25) is 0 Å². The van der Waals surface area contributed by atoms with E-state index in [4.69, 9.17) is 4.42 Å². The second-order valence-electron chi connectivity index (χ2n) is 4.70. The number of carbonyl (C=O) groups excluding carboxylic acids is 1. The number of hydrogen-bond donors (Lipinski definition) is 0. The summed E-state index contributed by atoms with van der Waals surface area (Å²) in [4.78, 5) is 17.2. The Morgan fingerprint density at radius 2 is 1.85 bits per heavy atom. The topological polar surface area (TPSA) is 46.3 Å². The van der Waals surface area contributed by atoms with Crippen LogP contribution in [0.5, 0.6) is 0 Å². The van der Waals surface area contributed by atoms with Gasteiger partial charge in [0.05, 0.1) is 5.56 Å². The molecular formula is C14H14F2N2O2. The van der Waals surface area contributed by atoms with Crippen LogP contribution in [0.4, 0.5) is 8.78 Å². The second-order valence-corrected chi connectivity index (χ2v) is 4.70. The van der Waals surface area contributed by atoms with Crippen molar-refractivity contribution in [1.82, 2.24) is 9.88 Å². The number of halogens is 2. The molecule has 1 heterocycles. The van der Waals surface area contributed by atoms with Gasteiger partial charge in [-0.3, -0.25) is 4.79 Å². The molecule has 0 aliphatic carbocycles. The number of hydrogen-bond acceptors (Lipinski definition) is 3.